The maximum atomic E-state index is 11.9. The number of rotatable bonds is 2. The predicted molar refractivity (Wildman–Crippen MR) is 52.8 cm³/mol. The van der Waals surface area contributed by atoms with E-state index in [1.807, 2.05) is 13.8 Å². The highest BCUT2D eigenvalue weighted by atomic mass is 16.5. The summed E-state index contributed by atoms with van der Waals surface area (Å²) in [6, 6.07) is 0. The number of ether oxygens (including phenoxy) is 1. The van der Waals surface area contributed by atoms with Crippen LogP contribution in [0.5, 0.6) is 0 Å². The van der Waals surface area contributed by atoms with Crippen LogP contribution in [0.1, 0.15) is 40.0 Å². The second-order valence-corrected chi connectivity index (χ2v) is 4.44. The van der Waals surface area contributed by atoms with Crippen LogP contribution in [-0.4, -0.2) is 18.4 Å². The minimum atomic E-state index is -0.515. The monoisotopic (exact) mass is 198 g/mol. The first kappa shape index (κ1) is 11.2. The van der Waals surface area contributed by atoms with Crippen molar-refractivity contribution in [1.82, 2.24) is 0 Å². The Morgan fingerprint density at radius 2 is 2.21 bits per heavy atom. The van der Waals surface area contributed by atoms with Crippen molar-refractivity contribution in [2.45, 2.75) is 40.0 Å². The summed E-state index contributed by atoms with van der Waals surface area (Å²) < 4.78 is 4.89. The topological polar surface area (TPSA) is 43.4 Å². The van der Waals surface area contributed by atoms with E-state index >= 15 is 0 Å². The fraction of sp³-hybridized carbons (Fsp3) is 0.818. The van der Waals surface area contributed by atoms with Gasteiger partial charge in [-0.25, -0.2) is 0 Å². The Morgan fingerprint density at radius 3 is 2.79 bits per heavy atom. The smallest absolute Gasteiger partial charge is 0.316 e. The first-order valence-electron chi connectivity index (χ1n) is 5.20. The Balaban J connectivity index is 2.70. The standard InChI is InChI=1S/C11H18O3/c1-4-14-10(13)8-6-5-7-11(2,3)9(8)12/h8H,4-7H2,1-3H3. The van der Waals surface area contributed by atoms with E-state index in [1.54, 1.807) is 6.92 Å². The van der Waals surface area contributed by atoms with Gasteiger partial charge in [0, 0.05) is 5.41 Å². The lowest BCUT2D eigenvalue weighted by Crippen LogP contribution is -2.39. The van der Waals surface area contributed by atoms with Crippen LogP contribution < -0.4 is 0 Å². The minimum absolute atomic E-state index is 0.0437. The van der Waals surface area contributed by atoms with Crippen molar-refractivity contribution < 1.29 is 14.3 Å². The number of Topliss-reactive ketones (excluding diaryl/α,β-unsaturated/α-hetero) is 1. The van der Waals surface area contributed by atoms with E-state index in [0.29, 0.717) is 13.0 Å². The van der Waals surface area contributed by atoms with Gasteiger partial charge in [-0.2, -0.15) is 0 Å². The van der Waals surface area contributed by atoms with Crippen molar-refractivity contribution in [3.63, 3.8) is 0 Å². The van der Waals surface area contributed by atoms with Crippen molar-refractivity contribution in [1.29, 1.82) is 0 Å². The number of carbonyl (C=O) groups is 2. The number of ketones is 1. The highest BCUT2D eigenvalue weighted by Gasteiger charge is 2.41. The van der Waals surface area contributed by atoms with Crippen LogP contribution in [0.25, 0.3) is 0 Å². The highest BCUT2D eigenvalue weighted by molar-refractivity contribution is 6.02. The lowest BCUT2D eigenvalue weighted by atomic mass is 9.71. The zero-order valence-corrected chi connectivity index (χ0v) is 9.13. The lowest BCUT2D eigenvalue weighted by molar-refractivity contribution is -0.156. The third kappa shape index (κ3) is 2.14. The van der Waals surface area contributed by atoms with E-state index in [4.69, 9.17) is 4.74 Å². The first-order chi connectivity index (χ1) is 6.49. The Morgan fingerprint density at radius 1 is 1.57 bits per heavy atom. The summed E-state index contributed by atoms with van der Waals surface area (Å²) >= 11 is 0. The second kappa shape index (κ2) is 4.11. The van der Waals surface area contributed by atoms with Crippen LogP contribution in [0.2, 0.25) is 0 Å². The quantitative estimate of drug-likeness (QED) is 0.503. The van der Waals surface area contributed by atoms with Crippen LogP contribution in [0, 0.1) is 11.3 Å². The molecule has 0 aromatic rings. The first-order valence-corrected chi connectivity index (χ1v) is 5.20. The van der Waals surface area contributed by atoms with Crippen molar-refractivity contribution in [3.05, 3.63) is 0 Å². The Kier molecular flexibility index (Phi) is 3.29. The summed E-state index contributed by atoms with van der Waals surface area (Å²) in [5, 5.41) is 0. The average molecular weight is 198 g/mol. The maximum Gasteiger partial charge on any atom is 0.316 e. The molecule has 3 heteroatoms. The van der Waals surface area contributed by atoms with E-state index < -0.39 is 5.92 Å². The number of carbonyl (C=O) groups excluding carboxylic acids is 2. The third-order valence-corrected chi connectivity index (χ3v) is 2.85. The van der Waals surface area contributed by atoms with E-state index in [-0.39, 0.29) is 17.2 Å². The van der Waals surface area contributed by atoms with Crippen molar-refractivity contribution in [3.8, 4) is 0 Å². The zero-order valence-electron chi connectivity index (χ0n) is 9.13. The molecule has 0 spiro atoms. The van der Waals surface area contributed by atoms with Crippen LogP contribution in [0.4, 0.5) is 0 Å². The molecule has 0 N–H and O–H groups in total. The summed E-state index contributed by atoms with van der Waals surface area (Å²) in [6.07, 6.45) is 2.46. The molecule has 14 heavy (non-hydrogen) atoms. The van der Waals surface area contributed by atoms with E-state index in [0.717, 1.165) is 12.8 Å². The normalized spacial score (nSPS) is 25.9. The Hall–Kier alpha value is -0.860. The minimum Gasteiger partial charge on any atom is -0.465 e. The van der Waals surface area contributed by atoms with E-state index in [2.05, 4.69) is 0 Å². The van der Waals surface area contributed by atoms with Crippen molar-refractivity contribution >= 4 is 11.8 Å². The van der Waals surface area contributed by atoms with Gasteiger partial charge >= 0.3 is 5.97 Å². The SMILES string of the molecule is CCOC(=O)C1CCCC(C)(C)C1=O. The van der Waals surface area contributed by atoms with Gasteiger partial charge in [0.25, 0.3) is 0 Å². The number of hydrogen-bond acceptors (Lipinski definition) is 3. The van der Waals surface area contributed by atoms with Gasteiger partial charge in [-0.1, -0.05) is 20.3 Å². The fourth-order valence-electron chi connectivity index (χ4n) is 1.94. The van der Waals surface area contributed by atoms with Crippen LogP contribution in [0.3, 0.4) is 0 Å². The molecule has 0 heterocycles. The molecule has 1 aliphatic carbocycles. The van der Waals surface area contributed by atoms with E-state index in [9.17, 15) is 9.59 Å². The summed E-state index contributed by atoms with van der Waals surface area (Å²) in [7, 11) is 0. The van der Waals surface area contributed by atoms with Crippen LogP contribution >= 0.6 is 0 Å². The molecular formula is C11H18O3. The van der Waals surface area contributed by atoms with Crippen LogP contribution in [0.15, 0.2) is 0 Å². The van der Waals surface area contributed by atoms with Gasteiger partial charge in [0.15, 0.2) is 5.78 Å². The summed E-state index contributed by atoms with van der Waals surface area (Å²) in [6.45, 7) is 5.92. The predicted octanol–water partition coefficient (Wildman–Crippen LogP) is 1.94. The lowest BCUT2D eigenvalue weighted by Gasteiger charge is -2.32. The Bertz CT molecular complexity index is 243. The van der Waals surface area contributed by atoms with Gasteiger partial charge < -0.3 is 4.74 Å². The molecular weight excluding hydrogens is 180 g/mol. The molecule has 80 valence electrons. The van der Waals surface area contributed by atoms with Gasteiger partial charge in [-0.05, 0) is 19.8 Å². The van der Waals surface area contributed by atoms with Gasteiger partial charge in [0.2, 0.25) is 0 Å². The zero-order chi connectivity index (χ0) is 10.8. The van der Waals surface area contributed by atoms with Gasteiger partial charge in [-0.15, -0.1) is 0 Å². The van der Waals surface area contributed by atoms with Gasteiger partial charge in [0.1, 0.15) is 5.92 Å². The molecule has 3 nitrogen and oxygen atoms in total. The molecule has 0 aromatic heterocycles. The second-order valence-electron chi connectivity index (χ2n) is 4.44. The Labute approximate surface area is 84.8 Å². The van der Waals surface area contributed by atoms with Crippen molar-refractivity contribution in [2.75, 3.05) is 6.61 Å². The average Bonchev–Trinajstić information content (AvgIpc) is 2.10. The van der Waals surface area contributed by atoms with Crippen LogP contribution in [-0.2, 0) is 14.3 Å². The number of esters is 1. The summed E-state index contributed by atoms with van der Waals surface area (Å²) in [5.41, 5.74) is -0.352. The molecule has 1 rings (SSSR count). The maximum absolute atomic E-state index is 11.9. The molecule has 1 unspecified atom stereocenters. The van der Waals surface area contributed by atoms with Gasteiger partial charge in [-0.3, -0.25) is 9.59 Å². The summed E-state index contributed by atoms with van der Waals surface area (Å²) in [4.78, 5) is 23.3. The molecule has 1 aliphatic rings. The molecule has 0 bridgehead atoms. The summed E-state index contributed by atoms with van der Waals surface area (Å²) in [5.74, 6) is -0.814. The third-order valence-electron chi connectivity index (χ3n) is 2.85. The van der Waals surface area contributed by atoms with Gasteiger partial charge in [0.05, 0.1) is 6.61 Å². The largest absolute Gasteiger partial charge is 0.465 e. The van der Waals surface area contributed by atoms with Crippen molar-refractivity contribution in [2.24, 2.45) is 11.3 Å². The molecule has 1 fully saturated rings. The molecule has 0 aliphatic heterocycles. The molecule has 0 amide bonds. The number of hydrogen-bond donors (Lipinski definition) is 0. The highest BCUT2D eigenvalue weighted by Crippen LogP contribution is 2.35. The molecule has 1 saturated carbocycles. The molecule has 0 aromatic carbocycles. The molecule has 0 saturated heterocycles. The molecule has 0 radical (unpaired) electrons. The molecule has 1 atom stereocenters. The van der Waals surface area contributed by atoms with E-state index in [1.165, 1.54) is 0 Å². The fourth-order valence-corrected chi connectivity index (χ4v) is 1.94.